The van der Waals surface area contributed by atoms with Crippen LogP contribution in [0.1, 0.15) is 22.2 Å². The lowest BCUT2D eigenvalue weighted by Crippen LogP contribution is -2.01. The van der Waals surface area contributed by atoms with Crippen LogP contribution < -0.4 is 10.5 Å². The van der Waals surface area contributed by atoms with E-state index in [1.165, 1.54) is 11.3 Å². The van der Waals surface area contributed by atoms with Crippen LogP contribution >= 0.6 is 34.5 Å². The van der Waals surface area contributed by atoms with Crippen LogP contribution in [0.2, 0.25) is 10.0 Å². The topological polar surface area (TPSA) is 87.3 Å². The van der Waals surface area contributed by atoms with E-state index in [2.05, 4.69) is 9.97 Å². The van der Waals surface area contributed by atoms with E-state index in [1.54, 1.807) is 19.1 Å². The van der Waals surface area contributed by atoms with Gasteiger partial charge in [-0.3, -0.25) is 0 Å². The fourth-order valence-electron chi connectivity index (χ4n) is 2.99. The molecule has 2 aromatic heterocycles. The van der Waals surface area contributed by atoms with E-state index in [0.717, 1.165) is 5.56 Å². The number of thiophene rings is 1. The number of nitrogens with zero attached hydrogens (tertiary/aromatic N) is 2. The fraction of sp³-hybridized carbons (Fsp3) is 0.235. The largest absolute Gasteiger partial charge is 0.491 e. The lowest BCUT2D eigenvalue weighted by atomic mass is 10.00. The van der Waals surface area contributed by atoms with E-state index in [1.807, 2.05) is 0 Å². The quantitative estimate of drug-likeness (QED) is 0.646. The third-order valence-electron chi connectivity index (χ3n) is 4.01. The Balaban J connectivity index is 1.98. The van der Waals surface area contributed by atoms with Crippen molar-refractivity contribution in [1.29, 1.82) is 0 Å². The second kappa shape index (κ2) is 6.57. The molecule has 2 N–H and O–H groups in total. The zero-order valence-corrected chi connectivity index (χ0v) is 16.0. The first kappa shape index (κ1) is 17.3. The number of carbonyl (C=O) groups excluding carboxylic acids is 1. The molecule has 0 atom stereocenters. The van der Waals surface area contributed by atoms with Crippen molar-refractivity contribution in [2.45, 2.75) is 13.3 Å². The highest BCUT2D eigenvalue weighted by atomic mass is 35.5. The molecule has 0 fully saturated rings. The summed E-state index contributed by atoms with van der Waals surface area (Å²) in [6, 6.07) is 3.34. The first-order valence-electron chi connectivity index (χ1n) is 7.87. The maximum Gasteiger partial charge on any atom is 0.348 e. The second-order valence-corrected chi connectivity index (χ2v) is 7.45. The summed E-state index contributed by atoms with van der Waals surface area (Å²) >= 11 is 13.9. The van der Waals surface area contributed by atoms with Gasteiger partial charge in [-0.25, -0.2) is 14.8 Å². The minimum Gasteiger partial charge on any atom is -0.491 e. The molecule has 3 heterocycles. The molecule has 0 spiro atoms. The van der Waals surface area contributed by atoms with E-state index in [-0.39, 0.29) is 5.95 Å². The Morgan fingerprint density at radius 2 is 2.15 bits per heavy atom. The minimum atomic E-state index is -0.407. The summed E-state index contributed by atoms with van der Waals surface area (Å²) in [6.07, 6.45) is 0.658. The Morgan fingerprint density at radius 1 is 1.35 bits per heavy atom. The highest BCUT2D eigenvalue weighted by Gasteiger charge is 2.26. The van der Waals surface area contributed by atoms with Gasteiger partial charge in [-0.1, -0.05) is 23.2 Å². The number of anilines is 1. The molecule has 6 nitrogen and oxygen atoms in total. The van der Waals surface area contributed by atoms with Gasteiger partial charge in [-0.2, -0.15) is 0 Å². The van der Waals surface area contributed by atoms with Crippen molar-refractivity contribution in [3.05, 3.63) is 32.6 Å². The number of esters is 1. The number of nitrogens with two attached hydrogens (primary N) is 1. The number of hydrogen-bond donors (Lipinski definition) is 1. The molecule has 0 radical (unpaired) electrons. The molecule has 0 amide bonds. The average molecular weight is 410 g/mol. The number of fused-ring (bicyclic) bond motifs is 2. The predicted octanol–water partition coefficient (Wildman–Crippen LogP) is 4.36. The molecule has 0 bridgehead atoms. The Kier molecular flexibility index (Phi) is 4.38. The number of aromatic nitrogens is 2. The standard InChI is InChI=1S/C17H13Cl2N3O3S/c1-2-24-16(23)11-5-8-13(21-17(20)22-15(8)26-11)12-7-3-4-25-14(7)10(19)6-9(12)18/h5-6H,2-4H2,1H3,(H2,20,21,22). The molecule has 0 saturated heterocycles. The van der Waals surface area contributed by atoms with Crippen LogP contribution in [0.5, 0.6) is 5.75 Å². The van der Waals surface area contributed by atoms with Gasteiger partial charge in [0.1, 0.15) is 15.5 Å². The van der Waals surface area contributed by atoms with Gasteiger partial charge >= 0.3 is 5.97 Å². The molecular formula is C17H13Cl2N3O3S. The van der Waals surface area contributed by atoms with Gasteiger partial charge in [0.2, 0.25) is 5.95 Å². The Hall–Kier alpha value is -2.09. The van der Waals surface area contributed by atoms with Gasteiger partial charge in [0.05, 0.1) is 29.0 Å². The molecule has 0 saturated carbocycles. The number of carbonyl (C=O) groups is 1. The van der Waals surface area contributed by atoms with Crippen LogP contribution in [-0.2, 0) is 11.2 Å². The van der Waals surface area contributed by atoms with Crippen LogP contribution in [0.4, 0.5) is 5.95 Å². The normalized spacial score (nSPS) is 12.9. The van der Waals surface area contributed by atoms with Crippen LogP contribution in [0, 0.1) is 0 Å². The summed E-state index contributed by atoms with van der Waals surface area (Å²) in [5.41, 5.74) is 8.04. The maximum absolute atomic E-state index is 12.1. The molecule has 134 valence electrons. The minimum absolute atomic E-state index is 0.100. The van der Waals surface area contributed by atoms with E-state index < -0.39 is 5.97 Å². The van der Waals surface area contributed by atoms with Crippen molar-refractivity contribution in [1.82, 2.24) is 9.97 Å². The molecule has 26 heavy (non-hydrogen) atoms. The van der Waals surface area contributed by atoms with Gasteiger partial charge in [0, 0.05) is 22.9 Å². The molecule has 0 unspecified atom stereocenters. The van der Waals surface area contributed by atoms with Crippen molar-refractivity contribution >= 4 is 56.7 Å². The zero-order chi connectivity index (χ0) is 18.4. The molecule has 1 aliphatic heterocycles. The van der Waals surface area contributed by atoms with Crippen LogP contribution in [-0.4, -0.2) is 29.2 Å². The second-order valence-electron chi connectivity index (χ2n) is 5.60. The highest BCUT2D eigenvalue weighted by Crippen LogP contribution is 2.46. The maximum atomic E-state index is 12.1. The molecule has 1 aromatic carbocycles. The van der Waals surface area contributed by atoms with Crippen molar-refractivity contribution in [3.63, 3.8) is 0 Å². The molecule has 4 rings (SSSR count). The molecule has 3 aromatic rings. The molecule has 0 aliphatic carbocycles. The molecular weight excluding hydrogens is 397 g/mol. The monoisotopic (exact) mass is 409 g/mol. The summed E-state index contributed by atoms with van der Waals surface area (Å²) in [5.74, 6) is 0.302. The average Bonchev–Trinajstić information content (AvgIpc) is 3.21. The van der Waals surface area contributed by atoms with Crippen LogP contribution in [0.25, 0.3) is 21.5 Å². The number of hydrogen-bond acceptors (Lipinski definition) is 7. The van der Waals surface area contributed by atoms with Crippen molar-refractivity contribution in [3.8, 4) is 17.0 Å². The van der Waals surface area contributed by atoms with Gasteiger partial charge in [0.25, 0.3) is 0 Å². The van der Waals surface area contributed by atoms with E-state index in [4.69, 9.17) is 38.4 Å². The van der Waals surface area contributed by atoms with Gasteiger partial charge in [-0.15, -0.1) is 11.3 Å². The predicted molar refractivity (Wildman–Crippen MR) is 102 cm³/mol. The lowest BCUT2D eigenvalue weighted by molar-refractivity contribution is 0.0532. The van der Waals surface area contributed by atoms with Crippen molar-refractivity contribution in [2.75, 3.05) is 18.9 Å². The number of halogens is 2. The molecule has 9 heteroatoms. The first-order valence-corrected chi connectivity index (χ1v) is 9.45. The van der Waals surface area contributed by atoms with Gasteiger partial charge in [0.15, 0.2) is 0 Å². The van der Waals surface area contributed by atoms with E-state index >= 15 is 0 Å². The fourth-order valence-corrected chi connectivity index (χ4v) is 4.57. The number of ether oxygens (including phenoxy) is 2. The van der Waals surface area contributed by atoms with Crippen LogP contribution in [0.3, 0.4) is 0 Å². The third kappa shape index (κ3) is 2.76. The summed E-state index contributed by atoms with van der Waals surface area (Å²) in [6.45, 7) is 2.57. The Labute approximate surface area is 162 Å². The summed E-state index contributed by atoms with van der Waals surface area (Å²) in [7, 11) is 0. The third-order valence-corrected chi connectivity index (χ3v) is 5.59. The number of rotatable bonds is 3. The highest BCUT2D eigenvalue weighted by molar-refractivity contribution is 7.20. The first-order chi connectivity index (χ1) is 12.5. The zero-order valence-electron chi connectivity index (χ0n) is 13.6. The summed E-state index contributed by atoms with van der Waals surface area (Å²) in [4.78, 5) is 21.8. The van der Waals surface area contributed by atoms with Crippen molar-refractivity contribution < 1.29 is 14.3 Å². The van der Waals surface area contributed by atoms with E-state index in [0.29, 0.717) is 61.8 Å². The smallest absolute Gasteiger partial charge is 0.348 e. The Bertz CT molecular complexity index is 1050. The molecule has 1 aliphatic rings. The SMILES string of the molecule is CCOC(=O)c1cc2c(-c3c(Cl)cc(Cl)c4c3CCO4)nc(N)nc2s1. The van der Waals surface area contributed by atoms with Gasteiger partial charge < -0.3 is 15.2 Å². The number of nitrogen functional groups attached to an aromatic ring is 1. The van der Waals surface area contributed by atoms with Crippen LogP contribution in [0.15, 0.2) is 12.1 Å². The summed E-state index contributed by atoms with van der Waals surface area (Å²) < 4.78 is 10.7. The van der Waals surface area contributed by atoms with Gasteiger partial charge in [-0.05, 0) is 19.1 Å². The number of benzene rings is 1. The van der Waals surface area contributed by atoms with Crippen molar-refractivity contribution in [2.24, 2.45) is 0 Å². The Morgan fingerprint density at radius 3 is 2.92 bits per heavy atom. The van der Waals surface area contributed by atoms with E-state index in [9.17, 15) is 4.79 Å². The lowest BCUT2D eigenvalue weighted by Gasteiger charge is -2.12. The summed E-state index contributed by atoms with van der Waals surface area (Å²) in [5, 5.41) is 1.59.